The smallest absolute Gasteiger partial charge is 0.294 e. The van der Waals surface area contributed by atoms with Crippen LogP contribution in [0.1, 0.15) is 25.3 Å². The van der Waals surface area contributed by atoms with Crippen LogP contribution in [0.3, 0.4) is 0 Å². The molecule has 4 rings (SSSR count). The number of carbonyl (C=O) groups excluding carboxylic acids is 2. The number of hydrogen-bond donors (Lipinski definition) is 0. The number of benzene rings is 2. The van der Waals surface area contributed by atoms with Gasteiger partial charge in [-0.3, -0.25) is 19.4 Å². The maximum Gasteiger partial charge on any atom is 0.294 e. The van der Waals surface area contributed by atoms with Crippen molar-refractivity contribution in [1.29, 1.82) is 0 Å². The van der Waals surface area contributed by atoms with E-state index < -0.39 is 0 Å². The topological polar surface area (TPSA) is 53.1 Å². The largest absolute Gasteiger partial charge is 0.493 e. The molecule has 174 valence electrons. The summed E-state index contributed by atoms with van der Waals surface area (Å²) >= 11 is 7.11. The Labute approximate surface area is 204 Å². The average molecular weight is 486 g/mol. The van der Waals surface area contributed by atoms with E-state index in [2.05, 4.69) is 16.7 Å². The van der Waals surface area contributed by atoms with Crippen LogP contribution < -0.4 is 9.64 Å². The normalized spacial score (nSPS) is 18.4. The molecule has 2 aliphatic rings. The van der Waals surface area contributed by atoms with Crippen molar-refractivity contribution in [3.05, 3.63) is 64.0 Å². The van der Waals surface area contributed by atoms with Crippen LogP contribution in [0.4, 0.5) is 10.5 Å². The Bertz CT molecular complexity index is 1040. The summed E-state index contributed by atoms with van der Waals surface area (Å²) in [7, 11) is 0. The number of carbonyl (C=O) groups is 2. The fraction of sp³-hybridized carbons (Fsp3) is 0.360. The minimum Gasteiger partial charge on any atom is -0.493 e. The number of hydrogen-bond acceptors (Lipinski definition) is 6. The van der Waals surface area contributed by atoms with E-state index in [0.717, 1.165) is 72.8 Å². The fourth-order valence-electron chi connectivity index (χ4n) is 3.84. The van der Waals surface area contributed by atoms with E-state index in [-0.39, 0.29) is 11.1 Å². The van der Waals surface area contributed by atoms with Crippen LogP contribution >= 0.6 is 23.4 Å². The summed E-state index contributed by atoms with van der Waals surface area (Å²) < 4.78 is 5.87. The molecule has 2 amide bonds. The standard InChI is InChI=1S/C25H28ClN3O3S/c1-2-3-15-32-22-10-5-4-7-19(22)16-23-24(30)29(25(31)33-23)18-27-11-13-28(14-12-27)21-9-6-8-20(26)17-21/h4-10,16-17H,2-3,11-15,18H2,1H3/b23-16+. The zero-order valence-electron chi connectivity index (χ0n) is 18.7. The number of amides is 2. The number of rotatable bonds is 8. The number of para-hydroxylation sites is 1. The molecular weight excluding hydrogens is 458 g/mol. The molecule has 0 radical (unpaired) electrons. The molecule has 0 bridgehead atoms. The molecule has 0 aromatic heterocycles. The molecule has 0 spiro atoms. The van der Waals surface area contributed by atoms with Crippen LogP contribution in [0.15, 0.2) is 53.4 Å². The molecule has 33 heavy (non-hydrogen) atoms. The maximum atomic E-state index is 13.0. The van der Waals surface area contributed by atoms with Crippen molar-refractivity contribution in [3.8, 4) is 5.75 Å². The van der Waals surface area contributed by atoms with Crippen molar-refractivity contribution >= 4 is 46.3 Å². The minimum atomic E-state index is -0.245. The number of thioether (sulfide) groups is 1. The van der Waals surface area contributed by atoms with E-state index in [1.165, 1.54) is 4.90 Å². The number of anilines is 1. The fourth-order valence-corrected chi connectivity index (χ4v) is 4.85. The van der Waals surface area contributed by atoms with E-state index in [1.54, 1.807) is 6.08 Å². The SMILES string of the molecule is CCCCOc1ccccc1/C=C1/SC(=O)N(CN2CCN(c3cccc(Cl)c3)CC2)C1=O. The highest BCUT2D eigenvalue weighted by Gasteiger charge is 2.36. The van der Waals surface area contributed by atoms with Gasteiger partial charge in [0.25, 0.3) is 11.1 Å². The van der Waals surface area contributed by atoms with E-state index >= 15 is 0 Å². The Balaban J connectivity index is 1.37. The van der Waals surface area contributed by atoms with Gasteiger partial charge in [0, 0.05) is 42.5 Å². The molecule has 2 fully saturated rings. The molecule has 2 aromatic rings. The summed E-state index contributed by atoms with van der Waals surface area (Å²) in [6.07, 6.45) is 3.78. The van der Waals surface area contributed by atoms with Crippen molar-refractivity contribution in [2.75, 3.05) is 44.4 Å². The predicted octanol–water partition coefficient (Wildman–Crippen LogP) is 5.33. The van der Waals surface area contributed by atoms with Crippen molar-refractivity contribution in [3.63, 3.8) is 0 Å². The molecule has 2 heterocycles. The number of imide groups is 1. The first-order chi connectivity index (χ1) is 16.0. The highest BCUT2D eigenvalue weighted by molar-refractivity contribution is 8.18. The van der Waals surface area contributed by atoms with Crippen LogP contribution in [-0.4, -0.2) is 60.4 Å². The monoisotopic (exact) mass is 485 g/mol. The molecule has 8 heteroatoms. The van der Waals surface area contributed by atoms with Gasteiger partial charge in [0.1, 0.15) is 5.75 Å². The van der Waals surface area contributed by atoms with E-state index in [9.17, 15) is 9.59 Å². The molecule has 0 atom stereocenters. The lowest BCUT2D eigenvalue weighted by Crippen LogP contribution is -2.50. The first kappa shape index (κ1) is 23.7. The van der Waals surface area contributed by atoms with E-state index in [0.29, 0.717) is 18.2 Å². The van der Waals surface area contributed by atoms with Crippen LogP contribution in [0.25, 0.3) is 6.08 Å². The summed E-state index contributed by atoms with van der Waals surface area (Å²) in [4.78, 5) is 31.8. The number of unbranched alkanes of at least 4 members (excludes halogenated alkanes) is 1. The second-order valence-corrected chi connectivity index (χ2v) is 9.51. The number of halogens is 1. The highest BCUT2D eigenvalue weighted by atomic mass is 35.5. The summed E-state index contributed by atoms with van der Waals surface area (Å²) in [5.41, 5.74) is 1.91. The van der Waals surface area contributed by atoms with Gasteiger partial charge in [-0.25, -0.2) is 0 Å². The highest BCUT2D eigenvalue weighted by Crippen LogP contribution is 2.34. The Morgan fingerprint density at radius 2 is 1.85 bits per heavy atom. The molecule has 2 aromatic carbocycles. The molecule has 0 aliphatic carbocycles. The first-order valence-corrected chi connectivity index (χ1v) is 12.4. The van der Waals surface area contributed by atoms with Crippen molar-refractivity contribution in [2.24, 2.45) is 0 Å². The Morgan fingerprint density at radius 1 is 1.06 bits per heavy atom. The molecule has 2 aliphatic heterocycles. The van der Waals surface area contributed by atoms with Gasteiger partial charge in [-0.1, -0.05) is 49.2 Å². The lowest BCUT2D eigenvalue weighted by Gasteiger charge is -2.37. The van der Waals surface area contributed by atoms with Crippen molar-refractivity contribution in [1.82, 2.24) is 9.80 Å². The van der Waals surface area contributed by atoms with Gasteiger partial charge in [-0.15, -0.1) is 0 Å². The lowest BCUT2D eigenvalue weighted by atomic mass is 10.2. The van der Waals surface area contributed by atoms with Crippen LogP contribution in [-0.2, 0) is 4.79 Å². The summed E-state index contributed by atoms with van der Waals surface area (Å²) in [5.74, 6) is 0.487. The minimum absolute atomic E-state index is 0.229. The zero-order valence-corrected chi connectivity index (χ0v) is 20.3. The quantitative estimate of drug-likeness (QED) is 0.372. The van der Waals surface area contributed by atoms with Gasteiger partial charge < -0.3 is 9.64 Å². The Hall–Kier alpha value is -2.48. The second-order valence-electron chi connectivity index (χ2n) is 8.08. The van der Waals surface area contributed by atoms with Gasteiger partial charge in [0.15, 0.2) is 0 Å². The van der Waals surface area contributed by atoms with Crippen LogP contribution in [0.2, 0.25) is 5.02 Å². The van der Waals surface area contributed by atoms with Gasteiger partial charge in [0.05, 0.1) is 18.2 Å². The lowest BCUT2D eigenvalue weighted by molar-refractivity contribution is -0.124. The third kappa shape index (κ3) is 5.91. The molecule has 0 saturated carbocycles. The number of piperazine rings is 1. The van der Waals surface area contributed by atoms with E-state index in [4.69, 9.17) is 16.3 Å². The third-order valence-electron chi connectivity index (χ3n) is 5.72. The van der Waals surface area contributed by atoms with Gasteiger partial charge in [-0.05, 0) is 48.5 Å². The average Bonchev–Trinajstić information content (AvgIpc) is 3.08. The zero-order chi connectivity index (χ0) is 23.2. The summed E-state index contributed by atoms with van der Waals surface area (Å²) in [5, 5.41) is 0.491. The number of nitrogens with zero attached hydrogens (tertiary/aromatic N) is 3. The molecule has 0 unspecified atom stereocenters. The van der Waals surface area contributed by atoms with Crippen molar-refractivity contribution < 1.29 is 14.3 Å². The van der Waals surface area contributed by atoms with Gasteiger partial charge in [0.2, 0.25) is 0 Å². The second kappa shape index (κ2) is 11.1. The Kier molecular flexibility index (Phi) is 7.96. The van der Waals surface area contributed by atoms with Crippen molar-refractivity contribution in [2.45, 2.75) is 19.8 Å². The summed E-state index contributed by atoms with van der Waals surface area (Å²) in [6, 6.07) is 15.4. The summed E-state index contributed by atoms with van der Waals surface area (Å²) in [6.45, 7) is 6.21. The van der Waals surface area contributed by atoms with Crippen LogP contribution in [0.5, 0.6) is 5.75 Å². The maximum absolute atomic E-state index is 13.0. The van der Waals surface area contributed by atoms with E-state index in [1.807, 2.05) is 48.5 Å². The van der Waals surface area contributed by atoms with Gasteiger partial charge in [-0.2, -0.15) is 0 Å². The third-order valence-corrected chi connectivity index (χ3v) is 6.86. The molecule has 2 saturated heterocycles. The molecule has 6 nitrogen and oxygen atoms in total. The van der Waals surface area contributed by atoms with Crippen LogP contribution in [0, 0.1) is 0 Å². The first-order valence-electron chi connectivity index (χ1n) is 11.2. The number of ether oxygens (including phenoxy) is 1. The molecule has 0 N–H and O–H groups in total. The predicted molar refractivity (Wildman–Crippen MR) is 135 cm³/mol. The van der Waals surface area contributed by atoms with Gasteiger partial charge >= 0.3 is 0 Å². The Morgan fingerprint density at radius 3 is 2.61 bits per heavy atom. The molecular formula is C25H28ClN3O3S.